The molecule has 0 spiro atoms. The lowest BCUT2D eigenvalue weighted by Crippen LogP contribution is -2.30. The molecule has 21 heavy (non-hydrogen) atoms. The second-order valence-corrected chi connectivity index (χ2v) is 4.54. The first-order valence-corrected chi connectivity index (χ1v) is 6.71. The van der Waals surface area contributed by atoms with Gasteiger partial charge in [0.15, 0.2) is 11.6 Å². The van der Waals surface area contributed by atoms with Crippen molar-refractivity contribution in [3.8, 4) is 0 Å². The molecule has 0 aliphatic heterocycles. The molecule has 1 aromatic rings. The molecule has 116 valence electrons. The van der Waals surface area contributed by atoms with E-state index in [1.807, 2.05) is 0 Å². The Kier molecular flexibility index (Phi) is 7.14. The van der Waals surface area contributed by atoms with Crippen molar-refractivity contribution in [2.24, 2.45) is 0 Å². The summed E-state index contributed by atoms with van der Waals surface area (Å²) in [6.45, 7) is 0.385. The Balaban J connectivity index is 2.17. The third kappa shape index (κ3) is 6.69. The highest BCUT2D eigenvalue weighted by molar-refractivity contribution is 5.89. The number of hydrogen-bond acceptors (Lipinski definition) is 2. The van der Waals surface area contributed by atoms with Crippen molar-refractivity contribution in [3.05, 3.63) is 29.8 Å². The minimum Gasteiger partial charge on any atom is -0.481 e. The molecule has 0 saturated heterocycles. The molecule has 0 aliphatic carbocycles. The number of rotatable bonds is 8. The highest BCUT2D eigenvalue weighted by Crippen LogP contribution is 2.16. The summed E-state index contributed by atoms with van der Waals surface area (Å²) in [7, 11) is 0. The van der Waals surface area contributed by atoms with E-state index in [1.54, 1.807) is 0 Å². The third-order valence-electron chi connectivity index (χ3n) is 2.80. The topological polar surface area (TPSA) is 78.4 Å². The highest BCUT2D eigenvalue weighted by Gasteiger charge is 2.09. The number of unbranched alkanes of at least 4 members (excludes halogenated alkanes) is 3. The quantitative estimate of drug-likeness (QED) is 0.645. The van der Waals surface area contributed by atoms with Gasteiger partial charge < -0.3 is 15.7 Å². The summed E-state index contributed by atoms with van der Waals surface area (Å²) in [6.07, 6.45) is 3.01. The molecular formula is C14H18F2N2O3. The van der Waals surface area contributed by atoms with Crippen molar-refractivity contribution >= 4 is 17.7 Å². The summed E-state index contributed by atoms with van der Waals surface area (Å²) in [4.78, 5) is 21.7. The van der Waals surface area contributed by atoms with Gasteiger partial charge in [-0.2, -0.15) is 0 Å². The standard InChI is InChI=1S/C14H18F2N2O3/c15-10-6-5-7-11(13(10)16)18-14(21)17-9-4-2-1-3-8-12(19)20/h5-7H,1-4,8-9H2,(H,19,20)(H2,17,18,21). The first-order chi connectivity index (χ1) is 10.0. The van der Waals surface area contributed by atoms with Crippen LogP contribution < -0.4 is 10.6 Å². The van der Waals surface area contributed by atoms with Crippen LogP contribution in [0.3, 0.4) is 0 Å². The van der Waals surface area contributed by atoms with Crippen molar-refractivity contribution in [1.82, 2.24) is 5.32 Å². The molecule has 0 atom stereocenters. The zero-order valence-corrected chi connectivity index (χ0v) is 11.5. The van der Waals surface area contributed by atoms with Crippen LogP contribution in [0.2, 0.25) is 0 Å². The summed E-state index contributed by atoms with van der Waals surface area (Å²) in [5, 5.41) is 13.2. The van der Waals surface area contributed by atoms with E-state index in [0.29, 0.717) is 19.4 Å². The minimum atomic E-state index is -1.10. The minimum absolute atomic E-state index is 0.146. The van der Waals surface area contributed by atoms with Gasteiger partial charge in [-0.25, -0.2) is 13.6 Å². The molecule has 0 aromatic heterocycles. The van der Waals surface area contributed by atoms with Crippen molar-refractivity contribution in [2.75, 3.05) is 11.9 Å². The molecule has 0 fully saturated rings. The van der Waals surface area contributed by atoms with Crippen LogP contribution in [0.25, 0.3) is 0 Å². The van der Waals surface area contributed by atoms with Crippen LogP contribution in [0.5, 0.6) is 0 Å². The van der Waals surface area contributed by atoms with E-state index in [0.717, 1.165) is 18.9 Å². The summed E-state index contributed by atoms with van der Waals surface area (Å²) < 4.78 is 26.2. The molecule has 0 bridgehead atoms. The van der Waals surface area contributed by atoms with Gasteiger partial charge in [-0.15, -0.1) is 0 Å². The maximum absolute atomic E-state index is 13.3. The molecule has 0 radical (unpaired) electrons. The maximum Gasteiger partial charge on any atom is 0.319 e. The zero-order valence-electron chi connectivity index (χ0n) is 11.5. The van der Waals surface area contributed by atoms with Gasteiger partial charge >= 0.3 is 12.0 Å². The van der Waals surface area contributed by atoms with Crippen LogP contribution in [0.1, 0.15) is 32.1 Å². The molecule has 2 amide bonds. The Morgan fingerprint density at radius 2 is 1.81 bits per heavy atom. The number of halogens is 2. The van der Waals surface area contributed by atoms with Crippen molar-refractivity contribution in [1.29, 1.82) is 0 Å². The predicted molar refractivity (Wildman–Crippen MR) is 74.1 cm³/mol. The molecule has 5 nitrogen and oxygen atoms in total. The van der Waals surface area contributed by atoms with E-state index in [1.165, 1.54) is 12.1 Å². The lowest BCUT2D eigenvalue weighted by atomic mass is 10.1. The zero-order chi connectivity index (χ0) is 15.7. The summed E-state index contributed by atoms with van der Waals surface area (Å²) >= 11 is 0. The van der Waals surface area contributed by atoms with E-state index < -0.39 is 23.6 Å². The van der Waals surface area contributed by atoms with E-state index >= 15 is 0 Å². The van der Waals surface area contributed by atoms with Crippen LogP contribution >= 0.6 is 0 Å². The van der Waals surface area contributed by atoms with Gasteiger partial charge in [0, 0.05) is 13.0 Å². The Labute approximate surface area is 121 Å². The fraction of sp³-hybridized carbons (Fsp3) is 0.429. The molecule has 1 rings (SSSR count). The Morgan fingerprint density at radius 3 is 2.52 bits per heavy atom. The van der Waals surface area contributed by atoms with Crippen LogP contribution in [0.4, 0.5) is 19.3 Å². The lowest BCUT2D eigenvalue weighted by Gasteiger charge is -2.08. The molecule has 0 unspecified atom stereocenters. The Hall–Kier alpha value is -2.18. The lowest BCUT2D eigenvalue weighted by molar-refractivity contribution is -0.137. The van der Waals surface area contributed by atoms with Crippen LogP contribution in [-0.2, 0) is 4.79 Å². The number of carbonyl (C=O) groups excluding carboxylic acids is 1. The first kappa shape index (κ1) is 16.9. The number of carboxylic acids is 1. The summed E-state index contributed by atoms with van der Waals surface area (Å²) in [6, 6.07) is 2.93. The van der Waals surface area contributed by atoms with Gasteiger partial charge in [0.2, 0.25) is 0 Å². The van der Waals surface area contributed by atoms with Gasteiger partial charge in [-0.3, -0.25) is 4.79 Å². The number of benzene rings is 1. The van der Waals surface area contributed by atoms with Crippen molar-refractivity contribution in [3.63, 3.8) is 0 Å². The van der Waals surface area contributed by atoms with Crippen LogP contribution in [-0.4, -0.2) is 23.7 Å². The first-order valence-electron chi connectivity index (χ1n) is 6.71. The SMILES string of the molecule is O=C(O)CCCCCCNC(=O)Nc1cccc(F)c1F. The van der Waals surface area contributed by atoms with E-state index in [-0.39, 0.29) is 12.1 Å². The number of carboxylic acid groups (broad SMARTS) is 1. The smallest absolute Gasteiger partial charge is 0.319 e. The predicted octanol–water partition coefficient (Wildman–Crippen LogP) is 3.12. The van der Waals surface area contributed by atoms with Crippen molar-refractivity contribution < 1.29 is 23.5 Å². The number of hydrogen-bond donors (Lipinski definition) is 3. The average Bonchev–Trinajstić information content (AvgIpc) is 2.42. The molecular weight excluding hydrogens is 282 g/mol. The number of anilines is 1. The number of aliphatic carboxylic acids is 1. The van der Waals surface area contributed by atoms with Gasteiger partial charge in [0.25, 0.3) is 0 Å². The molecule has 0 saturated carbocycles. The molecule has 3 N–H and O–H groups in total. The fourth-order valence-corrected chi connectivity index (χ4v) is 1.72. The van der Waals surface area contributed by atoms with E-state index in [2.05, 4.69) is 10.6 Å². The molecule has 1 aromatic carbocycles. The Bertz CT molecular complexity index is 495. The largest absolute Gasteiger partial charge is 0.481 e. The average molecular weight is 300 g/mol. The molecule has 0 aliphatic rings. The van der Waals surface area contributed by atoms with Crippen molar-refractivity contribution in [2.45, 2.75) is 32.1 Å². The second kappa shape index (κ2) is 8.89. The Morgan fingerprint density at radius 1 is 1.10 bits per heavy atom. The number of nitrogens with one attached hydrogen (secondary N) is 2. The second-order valence-electron chi connectivity index (χ2n) is 4.54. The third-order valence-corrected chi connectivity index (χ3v) is 2.80. The van der Waals surface area contributed by atoms with Crippen LogP contribution in [0.15, 0.2) is 18.2 Å². The number of amides is 2. The highest BCUT2D eigenvalue weighted by atomic mass is 19.2. The van der Waals surface area contributed by atoms with E-state index in [4.69, 9.17) is 5.11 Å². The normalized spacial score (nSPS) is 10.2. The molecule has 0 heterocycles. The summed E-state index contributed by atoms with van der Waals surface area (Å²) in [5.41, 5.74) is -0.214. The molecule has 7 heteroatoms. The van der Waals surface area contributed by atoms with Gasteiger partial charge in [0.1, 0.15) is 0 Å². The maximum atomic E-state index is 13.3. The summed E-state index contributed by atoms with van der Waals surface area (Å²) in [5.74, 6) is -2.93. The fourth-order valence-electron chi connectivity index (χ4n) is 1.72. The van der Waals surface area contributed by atoms with Gasteiger partial charge in [0.05, 0.1) is 5.69 Å². The van der Waals surface area contributed by atoms with Crippen LogP contribution in [0, 0.1) is 11.6 Å². The van der Waals surface area contributed by atoms with Gasteiger partial charge in [-0.05, 0) is 25.0 Å². The van der Waals surface area contributed by atoms with E-state index in [9.17, 15) is 18.4 Å². The number of carbonyl (C=O) groups is 2. The monoisotopic (exact) mass is 300 g/mol. The number of urea groups is 1. The van der Waals surface area contributed by atoms with Gasteiger partial charge in [-0.1, -0.05) is 18.9 Å².